The summed E-state index contributed by atoms with van der Waals surface area (Å²) in [5.41, 5.74) is 0. The van der Waals surface area contributed by atoms with Crippen LogP contribution >= 0.6 is 0 Å². The molecule has 0 radical (unpaired) electrons. The third kappa shape index (κ3) is 5.28. The molecule has 3 nitrogen and oxygen atoms in total. The van der Waals surface area contributed by atoms with Crippen LogP contribution in [-0.4, -0.2) is 26.3 Å². The van der Waals surface area contributed by atoms with Gasteiger partial charge in [0.2, 0.25) is 0 Å². The van der Waals surface area contributed by atoms with Crippen LogP contribution in [0.25, 0.3) is 0 Å². The lowest BCUT2D eigenvalue weighted by Crippen LogP contribution is -2.23. The van der Waals surface area contributed by atoms with Crippen molar-refractivity contribution in [3.8, 4) is 6.07 Å². The molecule has 3 heteroatoms. The van der Waals surface area contributed by atoms with Gasteiger partial charge in [-0.1, -0.05) is 0 Å². The Hall–Kier alpha value is -0.590. The Balaban J connectivity index is 3.07. The summed E-state index contributed by atoms with van der Waals surface area (Å²) in [7, 11) is 1.85. The molecule has 52 valence electrons. The highest BCUT2D eigenvalue weighted by molar-refractivity contribution is 4.68. The summed E-state index contributed by atoms with van der Waals surface area (Å²) in [6.45, 7) is 2.90. The quantitative estimate of drug-likeness (QED) is 0.585. The Labute approximate surface area is 55.6 Å². The molecule has 0 aromatic heterocycles. The Kier molecular flexibility index (Phi) is 5.18. The van der Waals surface area contributed by atoms with Gasteiger partial charge in [0.25, 0.3) is 0 Å². The van der Waals surface area contributed by atoms with Crippen molar-refractivity contribution >= 4 is 0 Å². The van der Waals surface area contributed by atoms with Gasteiger partial charge >= 0.3 is 0 Å². The topological polar surface area (TPSA) is 45.0 Å². The van der Waals surface area contributed by atoms with Crippen LogP contribution in [0.3, 0.4) is 0 Å². The zero-order chi connectivity index (χ0) is 7.11. The highest BCUT2D eigenvalue weighted by atomic mass is 16.5. The molecule has 0 spiro atoms. The second-order valence-corrected chi connectivity index (χ2v) is 1.84. The van der Waals surface area contributed by atoms with Gasteiger partial charge in [0, 0.05) is 6.54 Å². The SMILES string of the molecule is CNCC(C)OCC#N. The van der Waals surface area contributed by atoms with Crippen molar-refractivity contribution < 1.29 is 4.74 Å². The van der Waals surface area contributed by atoms with Crippen molar-refractivity contribution in [2.24, 2.45) is 0 Å². The first-order valence-electron chi connectivity index (χ1n) is 2.94. The average Bonchev–Trinajstić information content (AvgIpc) is 1.85. The minimum absolute atomic E-state index is 0.134. The number of nitrogens with one attached hydrogen (secondary N) is 1. The van der Waals surface area contributed by atoms with E-state index in [-0.39, 0.29) is 12.7 Å². The van der Waals surface area contributed by atoms with Crippen molar-refractivity contribution in [2.45, 2.75) is 13.0 Å². The first-order chi connectivity index (χ1) is 4.31. The second kappa shape index (κ2) is 5.54. The minimum atomic E-state index is 0.134. The van der Waals surface area contributed by atoms with Gasteiger partial charge in [-0.2, -0.15) is 5.26 Å². The third-order valence-corrected chi connectivity index (χ3v) is 0.924. The molecule has 9 heavy (non-hydrogen) atoms. The summed E-state index contributed by atoms with van der Waals surface area (Å²) in [6.07, 6.45) is 0.134. The largest absolute Gasteiger partial charge is 0.362 e. The van der Waals surface area contributed by atoms with E-state index in [0.717, 1.165) is 6.54 Å². The fraction of sp³-hybridized carbons (Fsp3) is 0.833. The molecule has 0 fully saturated rings. The minimum Gasteiger partial charge on any atom is -0.362 e. The number of hydrogen-bond acceptors (Lipinski definition) is 3. The summed E-state index contributed by atoms with van der Waals surface area (Å²) in [5.74, 6) is 0. The number of rotatable bonds is 4. The molecule has 0 aromatic carbocycles. The number of ether oxygens (including phenoxy) is 1. The molecule has 0 aliphatic rings. The summed E-state index contributed by atoms with van der Waals surface area (Å²) in [5, 5.41) is 11.0. The van der Waals surface area contributed by atoms with E-state index in [9.17, 15) is 0 Å². The van der Waals surface area contributed by atoms with Crippen LogP contribution in [0, 0.1) is 11.3 Å². The lowest BCUT2D eigenvalue weighted by molar-refractivity contribution is 0.0924. The fourth-order valence-electron chi connectivity index (χ4n) is 0.526. The molecule has 0 saturated heterocycles. The fourth-order valence-corrected chi connectivity index (χ4v) is 0.526. The molecule has 0 bridgehead atoms. The van der Waals surface area contributed by atoms with Gasteiger partial charge in [-0.25, -0.2) is 0 Å². The van der Waals surface area contributed by atoms with Gasteiger partial charge in [-0.3, -0.25) is 0 Å². The number of likely N-dealkylation sites (N-methyl/N-ethyl adjacent to an activating group) is 1. The summed E-state index contributed by atoms with van der Waals surface area (Å²) < 4.78 is 5.01. The Morgan fingerprint density at radius 3 is 2.89 bits per heavy atom. The zero-order valence-corrected chi connectivity index (χ0v) is 5.85. The highest BCUT2D eigenvalue weighted by Crippen LogP contribution is 1.85. The zero-order valence-electron chi connectivity index (χ0n) is 5.85. The van der Waals surface area contributed by atoms with Crippen LogP contribution < -0.4 is 5.32 Å². The van der Waals surface area contributed by atoms with Crippen LogP contribution in [-0.2, 0) is 4.74 Å². The predicted octanol–water partition coefficient (Wildman–Crippen LogP) is 0.134. The number of hydrogen-bond donors (Lipinski definition) is 1. The molecule has 0 heterocycles. The van der Waals surface area contributed by atoms with Crippen LogP contribution in [0.5, 0.6) is 0 Å². The van der Waals surface area contributed by atoms with Crippen molar-refractivity contribution in [1.82, 2.24) is 5.32 Å². The summed E-state index contributed by atoms with van der Waals surface area (Å²) in [4.78, 5) is 0. The van der Waals surface area contributed by atoms with Crippen molar-refractivity contribution in [1.29, 1.82) is 5.26 Å². The molecule has 0 aliphatic heterocycles. The summed E-state index contributed by atoms with van der Waals surface area (Å²) in [6, 6.07) is 1.91. The normalized spacial score (nSPS) is 12.6. The lowest BCUT2D eigenvalue weighted by Gasteiger charge is -2.07. The van der Waals surface area contributed by atoms with Crippen LogP contribution in [0.4, 0.5) is 0 Å². The van der Waals surface area contributed by atoms with E-state index >= 15 is 0 Å². The van der Waals surface area contributed by atoms with E-state index in [2.05, 4.69) is 5.32 Å². The van der Waals surface area contributed by atoms with Crippen molar-refractivity contribution in [3.63, 3.8) is 0 Å². The van der Waals surface area contributed by atoms with Gasteiger partial charge in [0.05, 0.1) is 12.2 Å². The number of nitriles is 1. The molecule has 0 saturated carbocycles. The monoisotopic (exact) mass is 128 g/mol. The molecule has 0 aromatic rings. The van der Waals surface area contributed by atoms with E-state index in [1.54, 1.807) is 0 Å². The van der Waals surface area contributed by atoms with E-state index in [4.69, 9.17) is 10.00 Å². The first-order valence-corrected chi connectivity index (χ1v) is 2.94. The highest BCUT2D eigenvalue weighted by Gasteiger charge is 1.96. The third-order valence-electron chi connectivity index (χ3n) is 0.924. The lowest BCUT2D eigenvalue weighted by atomic mass is 10.4. The van der Waals surface area contributed by atoms with Crippen molar-refractivity contribution in [3.05, 3.63) is 0 Å². The maximum absolute atomic E-state index is 8.09. The smallest absolute Gasteiger partial charge is 0.134 e. The van der Waals surface area contributed by atoms with E-state index in [1.807, 2.05) is 20.0 Å². The Bertz CT molecular complexity index is 97.7. The van der Waals surface area contributed by atoms with Gasteiger partial charge in [0.15, 0.2) is 0 Å². The molecule has 1 unspecified atom stereocenters. The van der Waals surface area contributed by atoms with E-state index in [1.165, 1.54) is 0 Å². The molecular formula is C6H12N2O. The molecule has 0 aliphatic carbocycles. The Morgan fingerprint density at radius 2 is 2.44 bits per heavy atom. The summed E-state index contributed by atoms with van der Waals surface area (Å²) >= 11 is 0. The molecule has 1 N–H and O–H groups in total. The maximum atomic E-state index is 8.09. The van der Waals surface area contributed by atoms with Crippen molar-refractivity contribution in [2.75, 3.05) is 20.2 Å². The first kappa shape index (κ1) is 8.41. The van der Waals surface area contributed by atoms with Gasteiger partial charge in [-0.05, 0) is 14.0 Å². The molecule has 0 rings (SSSR count). The van der Waals surface area contributed by atoms with Gasteiger partial charge < -0.3 is 10.1 Å². The molecule has 0 amide bonds. The second-order valence-electron chi connectivity index (χ2n) is 1.84. The standard InChI is InChI=1S/C6H12N2O/c1-6(5-8-2)9-4-3-7/h6,8H,4-5H2,1-2H3. The average molecular weight is 128 g/mol. The predicted molar refractivity (Wildman–Crippen MR) is 35.0 cm³/mol. The number of nitrogens with zero attached hydrogens (tertiary/aromatic N) is 1. The Morgan fingerprint density at radius 1 is 1.78 bits per heavy atom. The van der Waals surface area contributed by atoms with Crippen LogP contribution in [0.1, 0.15) is 6.92 Å². The molecule has 1 atom stereocenters. The molecular weight excluding hydrogens is 116 g/mol. The van der Waals surface area contributed by atoms with E-state index < -0.39 is 0 Å². The van der Waals surface area contributed by atoms with Gasteiger partial charge in [-0.15, -0.1) is 0 Å². The maximum Gasteiger partial charge on any atom is 0.134 e. The van der Waals surface area contributed by atoms with Gasteiger partial charge in [0.1, 0.15) is 6.61 Å². The van der Waals surface area contributed by atoms with E-state index in [0.29, 0.717) is 0 Å². The van der Waals surface area contributed by atoms with Crippen LogP contribution in [0.15, 0.2) is 0 Å². The van der Waals surface area contributed by atoms with Crippen LogP contribution in [0.2, 0.25) is 0 Å².